The lowest BCUT2D eigenvalue weighted by atomic mass is 10.1. The molecule has 0 saturated carbocycles. The quantitative estimate of drug-likeness (QED) is 0.871. The predicted octanol–water partition coefficient (Wildman–Crippen LogP) is 3.88. The second kappa shape index (κ2) is 6.97. The van der Waals surface area contributed by atoms with E-state index in [-0.39, 0.29) is 18.2 Å². The largest absolute Gasteiger partial charge is 0.320 e. The average molecular weight is 386 g/mol. The third-order valence-electron chi connectivity index (χ3n) is 3.66. The molecule has 2 aromatic carbocycles. The molecule has 1 heterocycles. The lowest BCUT2D eigenvalue weighted by Crippen LogP contribution is -2.36. The van der Waals surface area contributed by atoms with Crippen LogP contribution in [0.5, 0.6) is 0 Å². The molecule has 0 atom stereocenters. The highest BCUT2D eigenvalue weighted by Crippen LogP contribution is 2.24. The Hall–Kier alpha value is -2.47. The Kier molecular flexibility index (Phi) is 4.76. The van der Waals surface area contributed by atoms with E-state index in [1.165, 1.54) is 5.01 Å². The summed E-state index contributed by atoms with van der Waals surface area (Å²) in [5.41, 5.74) is 2.71. The first kappa shape index (κ1) is 16.4. The number of carbonyl (C=O) groups excluding carboxylic acids is 2. The van der Waals surface area contributed by atoms with E-state index >= 15 is 0 Å². The van der Waals surface area contributed by atoms with Gasteiger partial charge < -0.3 is 5.32 Å². The molecular weight excluding hydrogens is 370 g/mol. The monoisotopic (exact) mass is 385 g/mol. The zero-order valence-electron chi connectivity index (χ0n) is 13.1. The van der Waals surface area contributed by atoms with Crippen LogP contribution in [0, 0.1) is 6.92 Å². The van der Waals surface area contributed by atoms with Gasteiger partial charge in [0.25, 0.3) is 5.91 Å². The van der Waals surface area contributed by atoms with E-state index < -0.39 is 0 Å². The smallest absolute Gasteiger partial charge is 0.271 e. The van der Waals surface area contributed by atoms with Gasteiger partial charge in [-0.15, -0.1) is 0 Å². The van der Waals surface area contributed by atoms with E-state index in [4.69, 9.17) is 0 Å². The van der Waals surface area contributed by atoms with Crippen molar-refractivity contribution < 1.29 is 9.59 Å². The minimum Gasteiger partial charge on any atom is -0.320 e. The van der Waals surface area contributed by atoms with Crippen LogP contribution >= 0.6 is 15.9 Å². The van der Waals surface area contributed by atoms with Crippen LogP contribution in [0.1, 0.15) is 18.4 Å². The van der Waals surface area contributed by atoms with Crippen molar-refractivity contribution in [3.05, 3.63) is 58.6 Å². The van der Waals surface area contributed by atoms with Gasteiger partial charge >= 0.3 is 0 Å². The zero-order valence-corrected chi connectivity index (χ0v) is 14.7. The van der Waals surface area contributed by atoms with Crippen molar-refractivity contribution >= 4 is 44.8 Å². The van der Waals surface area contributed by atoms with Gasteiger partial charge in [0.2, 0.25) is 5.91 Å². The number of amides is 2. The number of hydrazone groups is 1. The first-order chi connectivity index (χ1) is 11.5. The molecule has 1 aliphatic rings. The van der Waals surface area contributed by atoms with Crippen LogP contribution in [0.3, 0.4) is 0 Å². The molecule has 5 nitrogen and oxygen atoms in total. The fourth-order valence-corrected chi connectivity index (χ4v) is 2.82. The minimum absolute atomic E-state index is 0.113. The third-order valence-corrected chi connectivity index (χ3v) is 4.35. The van der Waals surface area contributed by atoms with E-state index in [1.807, 2.05) is 49.4 Å². The molecule has 6 heteroatoms. The van der Waals surface area contributed by atoms with Crippen LogP contribution in [-0.4, -0.2) is 17.5 Å². The second-order valence-electron chi connectivity index (χ2n) is 5.53. The fourth-order valence-electron chi connectivity index (χ4n) is 2.44. The van der Waals surface area contributed by atoms with Gasteiger partial charge in [-0.3, -0.25) is 9.59 Å². The Morgan fingerprint density at radius 2 is 1.96 bits per heavy atom. The summed E-state index contributed by atoms with van der Waals surface area (Å²) in [5.74, 6) is -0.412. The van der Waals surface area contributed by atoms with Crippen molar-refractivity contribution in [1.29, 1.82) is 0 Å². The molecule has 3 rings (SSSR count). The van der Waals surface area contributed by atoms with Crippen molar-refractivity contribution in [2.24, 2.45) is 5.10 Å². The molecule has 24 heavy (non-hydrogen) atoms. The lowest BCUT2D eigenvalue weighted by molar-refractivity contribution is -0.118. The number of hydrogen-bond donors (Lipinski definition) is 1. The van der Waals surface area contributed by atoms with E-state index in [9.17, 15) is 9.59 Å². The second-order valence-corrected chi connectivity index (χ2v) is 6.38. The first-order valence-electron chi connectivity index (χ1n) is 7.57. The van der Waals surface area contributed by atoms with Crippen LogP contribution in [0.2, 0.25) is 0 Å². The number of benzene rings is 2. The highest BCUT2D eigenvalue weighted by Gasteiger charge is 2.25. The molecular formula is C18H16BrN3O2. The van der Waals surface area contributed by atoms with Gasteiger partial charge in [-0.1, -0.05) is 24.3 Å². The molecule has 0 aliphatic carbocycles. The number of hydrogen-bond acceptors (Lipinski definition) is 3. The molecule has 1 aliphatic heterocycles. The topological polar surface area (TPSA) is 61.8 Å². The number of rotatable bonds is 3. The number of para-hydroxylation sites is 1. The van der Waals surface area contributed by atoms with Crippen molar-refractivity contribution in [3.63, 3.8) is 0 Å². The van der Waals surface area contributed by atoms with Crippen molar-refractivity contribution in [3.8, 4) is 0 Å². The molecule has 0 spiro atoms. The normalized spacial score (nSPS) is 14.3. The zero-order chi connectivity index (χ0) is 17.1. The highest BCUT2D eigenvalue weighted by molar-refractivity contribution is 9.10. The molecule has 0 radical (unpaired) electrons. The maximum Gasteiger partial charge on any atom is 0.271 e. The van der Waals surface area contributed by atoms with E-state index in [1.54, 1.807) is 6.07 Å². The Morgan fingerprint density at radius 3 is 2.71 bits per heavy atom. The summed E-state index contributed by atoms with van der Waals surface area (Å²) in [4.78, 5) is 24.6. The molecule has 0 unspecified atom stereocenters. The summed E-state index contributed by atoms with van der Waals surface area (Å²) >= 11 is 3.40. The Bertz CT molecular complexity index is 833. The molecule has 122 valence electrons. The summed E-state index contributed by atoms with van der Waals surface area (Å²) in [6, 6.07) is 14.8. The number of nitrogens with zero attached hydrogens (tertiary/aromatic N) is 2. The van der Waals surface area contributed by atoms with E-state index in [0.717, 1.165) is 10.0 Å². The van der Waals surface area contributed by atoms with Gasteiger partial charge in [-0.2, -0.15) is 5.10 Å². The molecule has 0 fully saturated rings. The highest BCUT2D eigenvalue weighted by atomic mass is 79.9. The lowest BCUT2D eigenvalue weighted by Gasteiger charge is -2.23. The first-order valence-corrected chi connectivity index (χ1v) is 8.37. The van der Waals surface area contributed by atoms with Gasteiger partial charge in [-0.25, -0.2) is 5.01 Å². The number of nitrogens with one attached hydrogen (secondary N) is 1. The summed E-state index contributed by atoms with van der Waals surface area (Å²) < 4.78 is 0.793. The molecule has 2 aromatic rings. The third kappa shape index (κ3) is 3.54. The van der Waals surface area contributed by atoms with Crippen LogP contribution in [0.25, 0.3) is 0 Å². The van der Waals surface area contributed by atoms with Gasteiger partial charge in [0.05, 0.1) is 11.4 Å². The van der Waals surface area contributed by atoms with Gasteiger partial charge in [0.1, 0.15) is 5.71 Å². The van der Waals surface area contributed by atoms with Gasteiger partial charge in [0.15, 0.2) is 0 Å². The standard InChI is InChI=1S/C18H16BrN3O2/c1-12-5-4-6-13(11-12)22-17(23)10-9-16(21-22)18(24)20-15-8-3-2-7-14(15)19/h2-8,11H,9-10H2,1H3,(H,20,24). The van der Waals surface area contributed by atoms with Crippen molar-refractivity contribution in [2.75, 3.05) is 10.3 Å². The Morgan fingerprint density at radius 1 is 1.17 bits per heavy atom. The van der Waals surface area contributed by atoms with Gasteiger partial charge in [0, 0.05) is 17.3 Å². The average Bonchev–Trinajstić information content (AvgIpc) is 2.57. The summed E-state index contributed by atoms with van der Waals surface area (Å²) in [5, 5.41) is 8.41. The predicted molar refractivity (Wildman–Crippen MR) is 98.1 cm³/mol. The maximum atomic E-state index is 12.5. The summed E-state index contributed by atoms with van der Waals surface area (Å²) in [6.07, 6.45) is 0.591. The van der Waals surface area contributed by atoms with Crippen LogP contribution in [0.15, 0.2) is 58.1 Å². The number of anilines is 2. The van der Waals surface area contributed by atoms with Crippen LogP contribution in [0.4, 0.5) is 11.4 Å². The number of halogens is 1. The maximum absolute atomic E-state index is 12.5. The molecule has 0 bridgehead atoms. The van der Waals surface area contributed by atoms with Crippen LogP contribution in [-0.2, 0) is 9.59 Å². The molecule has 2 amide bonds. The fraction of sp³-hybridized carbons (Fsp3) is 0.167. The van der Waals surface area contributed by atoms with E-state index in [2.05, 4.69) is 26.3 Å². The Balaban J connectivity index is 1.85. The van der Waals surface area contributed by atoms with Gasteiger partial charge in [-0.05, 0) is 52.7 Å². The minimum atomic E-state index is -0.299. The Labute approximate surface area is 148 Å². The summed E-state index contributed by atoms with van der Waals surface area (Å²) in [6.45, 7) is 1.95. The van der Waals surface area contributed by atoms with Crippen molar-refractivity contribution in [2.45, 2.75) is 19.8 Å². The molecule has 0 saturated heterocycles. The number of aryl methyl sites for hydroxylation is 1. The van der Waals surface area contributed by atoms with E-state index in [0.29, 0.717) is 23.5 Å². The molecule has 1 N–H and O–H groups in total. The molecule has 0 aromatic heterocycles. The SMILES string of the molecule is Cc1cccc(N2N=C(C(=O)Nc3ccccc3Br)CCC2=O)c1. The number of carbonyl (C=O) groups is 2. The van der Waals surface area contributed by atoms with Crippen molar-refractivity contribution in [1.82, 2.24) is 0 Å². The summed E-state index contributed by atoms with van der Waals surface area (Å²) in [7, 11) is 0. The van der Waals surface area contributed by atoms with Crippen LogP contribution < -0.4 is 10.3 Å².